The highest BCUT2D eigenvalue weighted by atomic mass is 14.6. The van der Waals surface area contributed by atoms with Crippen molar-refractivity contribution >= 4 is 0 Å². The normalized spacial score (nSPS) is 57.0. The van der Waals surface area contributed by atoms with Crippen LogP contribution in [0.3, 0.4) is 0 Å². The molecule has 3 fully saturated rings. The molecule has 110 valence electrons. The molecule has 3 aliphatic rings. The van der Waals surface area contributed by atoms with Gasteiger partial charge >= 0.3 is 0 Å². The number of fused-ring (bicyclic) bond motifs is 3. The summed E-state index contributed by atoms with van der Waals surface area (Å²) in [6.45, 7) is 12.7. The van der Waals surface area contributed by atoms with Crippen LogP contribution in [-0.4, -0.2) is 0 Å². The minimum atomic E-state index is 0.649. The highest BCUT2D eigenvalue weighted by molar-refractivity contribution is 5.09. The molecule has 3 rings (SSSR count). The molecule has 7 unspecified atom stereocenters. The fourth-order valence-electron chi connectivity index (χ4n) is 6.87. The summed E-state index contributed by atoms with van der Waals surface area (Å²) in [6.07, 6.45) is 10.5. The number of hydrogen-bond donors (Lipinski definition) is 0. The molecule has 7 atom stereocenters. The Morgan fingerprint density at radius 2 is 1.74 bits per heavy atom. The van der Waals surface area contributed by atoms with Crippen molar-refractivity contribution < 1.29 is 0 Å². The molecule has 0 saturated heterocycles. The van der Waals surface area contributed by atoms with E-state index in [4.69, 9.17) is 0 Å². The summed E-state index contributed by atoms with van der Waals surface area (Å²) in [4.78, 5) is 0. The van der Waals surface area contributed by atoms with Gasteiger partial charge in [0.2, 0.25) is 0 Å². The van der Waals surface area contributed by atoms with Crippen LogP contribution in [0.15, 0.2) is 0 Å². The van der Waals surface area contributed by atoms with Crippen molar-refractivity contribution in [3.05, 3.63) is 0 Å². The predicted octanol–water partition coefficient (Wildman–Crippen LogP) is 5.91. The zero-order chi connectivity index (χ0) is 13.8. The van der Waals surface area contributed by atoms with Crippen molar-refractivity contribution in [3.63, 3.8) is 0 Å². The van der Waals surface area contributed by atoms with Crippen molar-refractivity contribution in [1.82, 2.24) is 0 Å². The molecule has 0 heterocycles. The van der Waals surface area contributed by atoms with E-state index in [1.165, 1.54) is 38.5 Å². The summed E-state index contributed by atoms with van der Waals surface area (Å²) in [6, 6.07) is 0. The van der Waals surface area contributed by atoms with Crippen molar-refractivity contribution in [1.29, 1.82) is 0 Å². The topological polar surface area (TPSA) is 0 Å². The number of rotatable bonds is 2. The van der Waals surface area contributed by atoms with E-state index >= 15 is 0 Å². The predicted molar refractivity (Wildman–Crippen MR) is 83.0 cm³/mol. The summed E-state index contributed by atoms with van der Waals surface area (Å²) in [7, 11) is 0. The van der Waals surface area contributed by atoms with Crippen molar-refractivity contribution in [2.24, 2.45) is 40.4 Å². The van der Waals surface area contributed by atoms with Gasteiger partial charge in [0, 0.05) is 0 Å². The van der Waals surface area contributed by atoms with Crippen LogP contribution in [0.1, 0.15) is 79.6 Å². The van der Waals surface area contributed by atoms with Crippen LogP contribution in [0.2, 0.25) is 0 Å². The van der Waals surface area contributed by atoms with Gasteiger partial charge in [-0.2, -0.15) is 0 Å². The SMILES string of the molecule is CCC1CCC2C3CC(C)C(C)(CC)C3CCC12C. The van der Waals surface area contributed by atoms with Gasteiger partial charge in [0.25, 0.3) is 0 Å². The molecular weight excluding hydrogens is 228 g/mol. The second-order valence-electron chi connectivity index (χ2n) is 8.60. The Kier molecular flexibility index (Phi) is 3.31. The van der Waals surface area contributed by atoms with E-state index in [1.807, 2.05) is 0 Å². The number of hydrogen-bond acceptors (Lipinski definition) is 0. The lowest BCUT2D eigenvalue weighted by Crippen LogP contribution is -2.42. The van der Waals surface area contributed by atoms with E-state index in [0.29, 0.717) is 10.8 Å². The van der Waals surface area contributed by atoms with Gasteiger partial charge in [0.15, 0.2) is 0 Å². The Hall–Kier alpha value is 0. The maximum Gasteiger partial charge on any atom is -0.0266 e. The van der Waals surface area contributed by atoms with Crippen LogP contribution in [-0.2, 0) is 0 Å². The van der Waals surface area contributed by atoms with Gasteiger partial charge < -0.3 is 0 Å². The van der Waals surface area contributed by atoms with Gasteiger partial charge in [-0.25, -0.2) is 0 Å². The molecule has 0 heteroatoms. The summed E-state index contributed by atoms with van der Waals surface area (Å²) < 4.78 is 0. The third-order valence-corrected chi connectivity index (χ3v) is 8.49. The molecule has 0 aromatic carbocycles. The Balaban J connectivity index is 1.89. The lowest BCUT2D eigenvalue weighted by molar-refractivity contribution is -0.00696. The first-order valence-corrected chi connectivity index (χ1v) is 8.97. The maximum atomic E-state index is 2.65. The minimum absolute atomic E-state index is 0.649. The van der Waals surface area contributed by atoms with E-state index in [1.54, 1.807) is 6.42 Å². The average Bonchev–Trinajstić information content (AvgIpc) is 2.86. The van der Waals surface area contributed by atoms with Crippen LogP contribution < -0.4 is 0 Å². The zero-order valence-corrected chi connectivity index (χ0v) is 13.8. The molecule has 0 bridgehead atoms. The lowest BCUT2D eigenvalue weighted by atomic mass is 9.55. The van der Waals surface area contributed by atoms with Crippen LogP contribution in [0.25, 0.3) is 0 Å². The molecule has 0 N–H and O–H groups in total. The average molecular weight is 262 g/mol. The van der Waals surface area contributed by atoms with Crippen LogP contribution in [0.5, 0.6) is 0 Å². The molecule has 0 spiro atoms. The fraction of sp³-hybridized carbons (Fsp3) is 1.00. The van der Waals surface area contributed by atoms with Crippen molar-refractivity contribution in [2.45, 2.75) is 79.6 Å². The zero-order valence-electron chi connectivity index (χ0n) is 13.8. The van der Waals surface area contributed by atoms with E-state index in [9.17, 15) is 0 Å². The second-order valence-corrected chi connectivity index (χ2v) is 8.60. The first-order chi connectivity index (χ1) is 8.97. The second kappa shape index (κ2) is 4.50. The molecule has 0 amide bonds. The van der Waals surface area contributed by atoms with Crippen molar-refractivity contribution in [3.8, 4) is 0 Å². The Bertz CT molecular complexity index is 346. The van der Waals surface area contributed by atoms with Gasteiger partial charge in [-0.3, -0.25) is 0 Å². The molecule has 19 heavy (non-hydrogen) atoms. The Morgan fingerprint density at radius 3 is 2.37 bits per heavy atom. The Morgan fingerprint density at radius 1 is 1.00 bits per heavy atom. The van der Waals surface area contributed by atoms with Crippen molar-refractivity contribution in [2.75, 3.05) is 0 Å². The Labute approximate surface area is 120 Å². The third kappa shape index (κ3) is 1.70. The van der Waals surface area contributed by atoms with E-state index in [2.05, 4.69) is 34.6 Å². The van der Waals surface area contributed by atoms with Gasteiger partial charge in [0.1, 0.15) is 0 Å². The molecule has 0 radical (unpaired) electrons. The highest BCUT2D eigenvalue weighted by Gasteiger charge is 2.59. The van der Waals surface area contributed by atoms with E-state index in [0.717, 1.165) is 29.6 Å². The minimum Gasteiger partial charge on any atom is -0.0651 e. The summed E-state index contributed by atoms with van der Waals surface area (Å²) in [5, 5.41) is 0. The first kappa shape index (κ1) is 14.0. The van der Waals surface area contributed by atoms with Gasteiger partial charge in [-0.15, -0.1) is 0 Å². The van der Waals surface area contributed by atoms with E-state index < -0.39 is 0 Å². The van der Waals surface area contributed by atoms with Gasteiger partial charge in [0.05, 0.1) is 0 Å². The van der Waals surface area contributed by atoms with Gasteiger partial charge in [-0.1, -0.05) is 47.5 Å². The first-order valence-electron chi connectivity index (χ1n) is 8.97. The molecule has 0 aromatic heterocycles. The van der Waals surface area contributed by atoms with E-state index in [-0.39, 0.29) is 0 Å². The smallest absolute Gasteiger partial charge is 0.0266 e. The fourth-order valence-corrected chi connectivity index (χ4v) is 6.87. The van der Waals surface area contributed by atoms with Gasteiger partial charge in [-0.05, 0) is 72.5 Å². The molecule has 3 saturated carbocycles. The molecule has 3 aliphatic carbocycles. The maximum absolute atomic E-state index is 2.65. The summed E-state index contributed by atoms with van der Waals surface area (Å²) in [5.41, 5.74) is 1.35. The van der Waals surface area contributed by atoms with Crippen LogP contribution in [0, 0.1) is 40.4 Å². The molecular formula is C19H34. The largest absolute Gasteiger partial charge is 0.0651 e. The third-order valence-electron chi connectivity index (χ3n) is 8.49. The lowest BCUT2D eigenvalue weighted by Gasteiger charge is -2.49. The summed E-state index contributed by atoms with van der Waals surface area (Å²) >= 11 is 0. The quantitative estimate of drug-likeness (QED) is 0.580. The monoisotopic (exact) mass is 262 g/mol. The van der Waals surface area contributed by atoms with Crippen LogP contribution in [0.4, 0.5) is 0 Å². The molecule has 0 aromatic rings. The highest BCUT2D eigenvalue weighted by Crippen LogP contribution is 2.68. The molecule has 0 aliphatic heterocycles. The molecule has 0 nitrogen and oxygen atoms in total. The summed E-state index contributed by atoms with van der Waals surface area (Å²) in [5.74, 6) is 5.15. The standard InChI is InChI=1S/C19H34/c1-6-14-8-9-16-15-12-13(3)18(4,7-2)17(15)10-11-19(14,16)5/h13-17H,6-12H2,1-5H3. The van der Waals surface area contributed by atoms with Crippen LogP contribution >= 0.6 is 0 Å².